The molecule has 1 aromatic carbocycles. The Balaban J connectivity index is 2.74. The molecule has 0 aliphatic rings. The fraction of sp³-hybridized carbons (Fsp3) is 0.333. The van der Waals surface area contributed by atoms with Gasteiger partial charge in [-0.1, -0.05) is 18.2 Å². The van der Waals surface area contributed by atoms with Crippen LogP contribution in [0.15, 0.2) is 24.3 Å². The zero-order valence-electron chi connectivity index (χ0n) is 9.04. The molecule has 0 aliphatic heterocycles. The van der Waals surface area contributed by atoms with Crippen molar-refractivity contribution < 1.29 is 5.11 Å². The van der Waals surface area contributed by atoms with Gasteiger partial charge >= 0.3 is 0 Å². The van der Waals surface area contributed by atoms with Crippen molar-refractivity contribution in [2.24, 2.45) is 5.73 Å². The van der Waals surface area contributed by atoms with E-state index in [1.165, 1.54) is 0 Å². The normalized spacial score (nSPS) is 15.5. The Labute approximate surface area is 88.9 Å². The van der Waals surface area contributed by atoms with Crippen LogP contribution >= 0.6 is 0 Å². The zero-order chi connectivity index (χ0) is 11.1. The van der Waals surface area contributed by atoms with Crippen molar-refractivity contribution in [3.05, 3.63) is 35.5 Å². The number of fused-ring (bicyclic) bond motifs is 1. The van der Waals surface area contributed by atoms with Crippen LogP contribution in [0.2, 0.25) is 0 Å². The number of H-pyrrole nitrogens is 1. The van der Waals surface area contributed by atoms with E-state index in [0.717, 1.165) is 22.2 Å². The summed E-state index contributed by atoms with van der Waals surface area (Å²) in [5, 5.41) is 11.3. The Bertz CT molecular complexity index is 485. The van der Waals surface area contributed by atoms with Crippen LogP contribution in [-0.2, 0) is 5.60 Å². The van der Waals surface area contributed by atoms with Gasteiger partial charge in [-0.15, -0.1) is 0 Å². The molecule has 0 bridgehead atoms. The molecule has 4 N–H and O–H groups in total. The second kappa shape index (κ2) is 3.36. The number of aromatic amines is 1. The number of hydrogen-bond donors (Lipinski definition) is 3. The van der Waals surface area contributed by atoms with Gasteiger partial charge in [0.05, 0.1) is 0 Å². The predicted molar refractivity (Wildman–Crippen MR) is 61.7 cm³/mol. The molecule has 0 amide bonds. The summed E-state index contributed by atoms with van der Waals surface area (Å²) in [6.45, 7) is 3.92. The Morgan fingerprint density at radius 2 is 2.07 bits per heavy atom. The number of aliphatic hydroxyl groups is 1. The van der Waals surface area contributed by atoms with Crippen molar-refractivity contribution in [1.82, 2.24) is 4.98 Å². The number of nitrogens with one attached hydrogen (secondary N) is 1. The Morgan fingerprint density at radius 3 is 2.73 bits per heavy atom. The van der Waals surface area contributed by atoms with Gasteiger partial charge in [-0.05, 0) is 19.9 Å². The van der Waals surface area contributed by atoms with Gasteiger partial charge in [0.2, 0.25) is 0 Å². The molecule has 15 heavy (non-hydrogen) atoms. The van der Waals surface area contributed by atoms with E-state index in [1.54, 1.807) is 6.92 Å². The number of hydrogen-bond acceptors (Lipinski definition) is 2. The monoisotopic (exact) mass is 204 g/mol. The van der Waals surface area contributed by atoms with Crippen molar-refractivity contribution in [2.45, 2.75) is 19.4 Å². The van der Waals surface area contributed by atoms with Crippen LogP contribution in [0.1, 0.15) is 18.2 Å². The number of nitrogens with two attached hydrogens (primary N) is 1. The van der Waals surface area contributed by atoms with Gasteiger partial charge in [-0.3, -0.25) is 0 Å². The maximum Gasteiger partial charge on any atom is 0.101 e. The van der Waals surface area contributed by atoms with Crippen molar-refractivity contribution >= 4 is 10.9 Å². The summed E-state index contributed by atoms with van der Waals surface area (Å²) < 4.78 is 0. The maximum atomic E-state index is 10.2. The third-order valence-corrected chi connectivity index (χ3v) is 2.83. The standard InChI is InChI=1S/C12H16N2O/c1-8-11(12(2,15)7-13)9-5-3-4-6-10(9)14-8/h3-6,14-15H,7,13H2,1-2H3. The van der Waals surface area contributed by atoms with Crippen LogP contribution in [0.5, 0.6) is 0 Å². The number of rotatable bonds is 2. The molecule has 2 aromatic rings. The van der Waals surface area contributed by atoms with Crippen LogP contribution < -0.4 is 5.73 Å². The molecular formula is C12H16N2O. The van der Waals surface area contributed by atoms with Crippen LogP contribution in [0.3, 0.4) is 0 Å². The molecule has 80 valence electrons. The summed E-state index contributed by atoms with van der Waals surface area (Å²) in [5.41, 5.74) is 7.55. The van der Waals surface area contributed by atoms with Crippen molar-refractivity contribution in [1.29, 1.82) is 0 Å². The van der Waals surface area contributed by atoms with Crippen molar-refractivity contribution in [2.75, 3.05) is 6.54 Å². The van der Waals surface area contributed by atoms with Crippen molar-refractivity contribution in [3.8, 4) is 0 Å². The SMILES string of the molecule is Cc1[nH]c2ccccc2c1C(C)(O)CN. The van der Waals surface area contributed by atoms with E-state index in [9.17, 15) is 5.11 Å². The minimum atomic E-state index is -0.969. The quantitative estimate of drug-likeness (QED) is 0.696. The molecule has 3 nitrogen and oxygen atoms in total. The molecule has 0 radical (unpaired) electrons. The summed E-state index contributed by atoms with van der Waals surface area (Å²) in [4.78, 5) is 3.25. The first kappa shape index (κ1) is 10.2. The average molecular weight is 204 g/mol. The molecule has 0 spiro atoms. The van der Waals surface area contributed by atoms with Gasteiger partial charge in [0, 0.05) is 28.7 Å². The van der Waals surface area contributed by atoms with E-state index in [4.69, 9.17) is 5.73 Å². The first-order valence-corrected chi connectivity index (χ1v) is 5.06. The van der Waals surface area contributed by atoms with Crippen LogP contribution in [0, 0.1) is 6.92 Å². The molecule has 0 saturated heterocycles. The van der Waals surface area contributed by atoms with Gasteiger partial charge < -0.3 is 15.8 Å². The third kappa shape index (κ3) is 1.54. The first-order valence-electron chi connectivity index (χ1n) is 5.06. The highest BCUT2D eigenvalue weighted by molar-refractivity contribution is 5.85. The van der Waals surface area contributed by atoms with E-state index < -0.39 is 5.60 Å². The smallest absolute Gasteiger partial charge is 0.101 e. The summed E-state index contributed by atoms with van der Waals surface area (Å²) in [7, 11) is 0. The molecule has 0 saturated carbocycles. The summed E-state index contributed by atoms with van der Waals surface area (Å²) in [5.74, 6) is 0. The molecule has 1 heterocycles. The highest BCUT2D eigenvalue weighted by Crippen LogP contribution is 2.30. The van der Waals surface area contributed by atoms with E-state index in [1.807, 2.05) is 31.2 Å². The molecular weight excluding hydrogens is 188 g/mol. The van der Waals surface area contributed by atoms with Gasteiger partial charge in [0.25, 0.3) is 0 Å². The maximum absolute atomic E-state index is 10.2. The highest BCUT2D eigenvalue weighted by Gasteiger charge is 2.26. The zero-order valence-corrected chi connectivity index (χ0v) is 9.04. The van der Waals surface area contributed by atoms with Crippen LogP contribution in [0.4, 0.5) is 0 Å². The van der Waals surface area contributed by atoms with E-state index in [2.05, 4.69) is 4.98 Å². The molecule has 1 unspecified atom stereocenters. The third-order valence-electron chi connectivity index (χ3n) is 2.83. The van der Waals surface area contributed by atoms with E-state index in [-0.39, 0.29) is 6.54 Å². The molecule has 0 aliphatic carbocycles. The highest BCUT2D eigenvalue weighted by atomic mass is 16.3. The number of aromatic nitrogens is 1. The molecule has 1 atom stereocenters. The fourth-order valence-electron chi connectivity index (χ4n) is 2.07. The molecule has 1 aromatic heterocycles. The van der Waals surface area contributed by atoms with Crippen molar-refractivity contribution in [3.63, 3.8) is 0 Å². The molecule has 0 fully saturated rings. The Kier molecular flexibility index (Phi) is 2.29. The lowest BCUT2D eigenvalue weighted by Crippen LogP contribution is -2.31. The lowest BCUT2D eigenvalue weighted by Gasteiger charge is -2.21. The van der Waals surface area contributed by atoms with E-state index >= 15 is 0 Å². The topological polar surface area (TPSA) is 62.0 Å². The second-order valence-corrected chi connectivity index (χ2v) is 4.15. The fourth-order valence-corrected chi connectivity index (χ4v) is 2.07. The number of para-hydroxylation sites is 1. The van der Waals surface area contributed by atoms with Crippen LogP contribution in [-0.4, -0.2) is 16.6 Å². The second-order valence-electron chi connectivity index (χ2n) is 4.15. The summed E-state index contributed by atoms with van der Waals surface area (Å²) >= 11 is 0. The average Bonchev–Trinajstić information content (AvgIpc) is 2.54. The largest absolute Gasteiger partial charge is 0.384 e. The molecule has 3 heteroatoms. The predicted octanol–water partition coefficient (Wildman–Crippen LogP) is 1.64. The first-order chi connectivity index (χ1) is 7.06. The molecule has 2 rings (SSSR count). The van der Waals surface area contributed by atoms with E-state index in [0.29, 0.717) is 0 Å². The minimum absolute atomic E-state index is 0.218. The Hall–Kier alpha value is -1.32. The number of benzene rings is 1. The minimum Gasteiger partial charge on any atom is -0.384 e. The lowest BCUT2D eigenvalue weighted by atomic mass is 9.93. The van der Waals surface area contributed by atoms with Gasteiger partial charge in [-0.2, -0.15) is 0 Å². The van der Waals surface area contributed by atoms with Gasteiger partial charge in [0.15, 0.2) is 0 Å². The lowest BCUT2D eigenvalue weighted by molar-refractivity contribution is 0.0677. The number of aryl methyl sites for hydroxylation is 1. The summed E-state index contributed by atoms with van der Waals surface area (Å²) in [6.07, 6.45) is 0. The Morgan fingerprint density at radius 1 is 1.40 bits per heavy atom. The van der Waals surface area contributed by atoms with Gasteiger partial charge in [0.1, 0.15) is 5.60 Å². The van der Waals surface area contributed by atoms with Gasteiger partial charge in [-0.25, -0.2) is 0 Å². The summed E-state index contributed by atoms with van der Waals surface area (Å²) in [6, 6.07) is 7.93. The van der Waals surface area contributed by atoms with Crippen LogP contribution in [0.25, 0.3) is 10.9 Å².